The van der Waals surface area contributed by atoms with E-state index in [0.717, 1.165) is 19.3 Å². The van der Waals surface area contributed by atoms with Crippen LogP contribution in [0.1, 0.15) is 35.4 Å². The van der Waals surface area contributed by atoms with E-state index in [9.17, 15) is 31.5 Å². The summed E-state index contributed by atoms with van der Waals surface area (Å²) in [5, 5.41) is 1.97. The molecule has 0 bridgehead atoms. The average Bonchev–Trinajstić information content (AvgIpc) is 2.99. The number of carbonyl (C=O) groups is 1. The molecule has 0 saturated carbocycles. The summed E-state index contributed by atoms with van der Waals surface area (Å²) in [4.78, 5) is 29.5. The smallest absolute Gasteiger partial charge is 0.261 e. The zero-order valence-electron chi connectivity index (χ0n) is 15.4. The van der Waals surface area contributed by atoms with E-state index >= 15 is 0 Å². The zero-order chi connectivity index (χ0) is 21.6. The standard InChI is InChI=1S/C20H14F5N3O2/c21-13-14(22)16(24)18(17(25)15(13)23)27-19(29)9-5-6-10-11(8-9)26-12-4-2-1-3-7-28(12)20(10)30/h5-6,8H,1-4,7H2,(H,27,29). The van der Waals surface area contributed by atoms with E-state index in [-0.39, 0.29) is 22.0 Å². The molecule has 1 aliphatic rings. The van der Waals surface area contributed by atoms with Crippen LogP contribution in [0.3, 0.4) is 0 Å². The van der Waals surface area contributed by atoms with Crippen molar-refractivity contribution in [1.29, 1.82) is 0 Å². The number of benzene rings is 2. The Balaban J connectivity index is 1.74. The quantitative estimate of drug-likeness (QED) is 0.384. The topological polar surface area (TPSA) is 64.0 Å². The lowest BCUT2D eigenvalue weighted by Crippen LogP contribution is -2.25. The first kappa shape index (κ1) is 20.0. The molecule has 0 atom stereocenters. The van der Waals surface area contributed by atoms with E-state index in [1.807, 2.05) is 0 Å². The average molecular weight is 423 g/mol. The van der Waals surface area contributed by atoms with E-state index < -0.39 is 40.7 Å². The second kappa shape index (κ2) is 7.51. The molecule has 1 aromatic heterocycles. The van der Waals surface area contributed by atoms with Crippen LogP contribution >= 0.6 is 0 Å². The van der Waals surface area contributed by atoms with Crippen molar-refractivity contribution in [2.24, 2.45) is 0 Å². The summed E-state index contributed by atoms with van der Waals surface area (Å²) in [5.74, 6) is -11.5. The van der Waals surface area contributed by atoms with Crippen LogP contribution in [0.4, 0.5) is 27.6 Å². The highest BCUT2D eigenvalue weighted by Gasteiger charge is 2.27. The molecule has 0 radical (unpaired) electrons. The van der Waals surface area contributed by atoms with Gasteiger partial charge in [-0.15, -0.1) is 0 Å². The second-order valence-electron chi connectivity index (χ2n) is 6.93. The number of carbonyl (C=O) groups excluding carboxylic acids is 1. The highest BCUT2D eigenvalue weighted by atomic mass is 19.2. The first-order chi connectivity index (χ1) is 14.3. The van der Waals surface area contributed by atoms with Gasteiger partial charge in [0.2, 0.25) is 5.82 Å². The van der Waals surface area contributed by atoms with Crippen molar-refractivity contribution >= 4 is 22.5 Å². The number of nitrogens with one attached hydrogen (secondary N) is 1. The van der Waals surface area contributed by atoms with Crippen molar-refractivity contribution in [3.63, 3.8) is 0 Å². The summed E-state index contributed by atoms with van der Waals surface area (Å²) in [5.41, 5.74) is -1.66. The van der Waals surface area contributed by atoms with Crippen LogP contribution in [-0.2, 0) is 13.0 Å². The summed E-state index contributed by atoms with van der Waals surface area (Å²) in [6, 6.07) is 3.80. The van der Waals surface area contributed by atoms with Gasteiger partial charge in [-0.3, -0.25) is 14.2 Å². The molecule has 0 fully saturated rings. The Morgan fingerprint density at radius 3 is 2.30 bits per heavy atom. The Bertz CT molecular complexity index is 1230. The number of rotatable bonds is 2. The summed E-state index contributed by atoms with van der Waals surface area (Å²) in [6.45, 7) is 0.541. The number of anilines is 1. The molecule has 0 aliphatic carbocycles. The number of hydrogen-bond acceptors (Lipinski definition) is 3. The summed E-state index contributed by atoms with van der Waals surface area (Å²) in [6.07, 6.45) is 3.25. The minimum Gasteiger partial charge on any atom is -0.317 e. The molecular formula is C20H14F5N3O2. The molecule has 3 aromatic rings. The first-order valence-electron chi connectivity index (χ1n) is 9.16. The van der Waals surface area contributed by atoms with Crippen LogP contribution < -0.4 is 10.9 Å². The lowest BCUT2D eigenvalue weighted by atomic mass is 10.1. The third-order valence-corrected chi connectivity index (χ3v) is 5.03. The molecule has 2 aromatic carbocycles. The number of halogens is 5. The largest absolute Gasteiger partial charge is 0.317 e. The van der Waals surface area contributed by atoms with Crippen LogP contribution in [0.5, 0.6) is 0 Å². The number of nitrogens with zero attached hydrogens (tertiary/aromatic N) is 2. The first-order valence-corrected chi connectivity index (χ1v) is 9.16. The van der Waals surface area contributed by atoms with Crippen LogP contribution in [0, 0.1) is 29.1 Å². The Morgan fingerprint density at radius 2 is 1.60 bits per heavy atom. The Kier molecular flexibility index (Phi) is 5.00. The highest BCUT2D eigenvalue weighted by molar-refractivity contribution is 6.06. The number of aryl methyl sites for hydroxylation is 1. The van der Waals surface area contributed by atoms with E-state index in [4.69, 9.17) is 0 Å². The van der Waals surface area contributed by atoms with Gasteiger partial charge in [0.15, 0.2) is 23.3 Å². The van der Waals surface area contributed by atoms with Gasteiger partial charge in [0.25, 0.3) is 11.5 Å². The van der Waals surface area contributed by atoms with Gasteiger partial charge in [-0.05, 0) is 31.0 Å². The highest BCUT2D eigenvalue weighted by Crippen LogP contribution is 2.27. The number of hydrogen-bond donors (Lipinski definition) is 1. The third kappa shape index (κ3) is 3.21. The fraction of sp³-hybridized carbons (Fsp3) is 0.250. The van der Waals surface area contributed by atoms with Crippen molar-refractivity contribution in [2.75, 3.05) is 5.32 Å². The van der Waals surface area contributed by atoms with Crippen molar-refractivity contribution < 1.29 is 26.7 Å². The molecule has 1 aliphatic heterocycles. The fourth-order valence-corrected chi connectivity index (χ4v) is 3.46. The molecule has 0 spiro atoms. The maximum Gasteiger partial charge on any atom is 0.261 e. The van der Waals surface area contributed by atoms with Crippen LogP contribution in [0.15, 0.2) is 23.0 Å². The molecule has 30 heavy (non-hydrogen) atoms. The molecule has 156 valence electrons. The molecule has 2 heterocycles. The Hall–Kier alpha value is -3.30. The van der Waals surface area contributed by atoms with E-state index in [1.54, 1.807) is 9.88 Å². The SMILES string of the molecule is O=C(Nc1c(F)c(F)c(F)c(F)c1F)c1ccc2c(=O)n3c(nc2c1)CCCCC3. The number of aromatic nitrogens is 2. The molecule has 0 saturated heterocycles. The summed E-state index contributed by atoms with van der Waals surface area (Å²) in [7, 11) is 0. The lowest BCUT2D eigenvalue weighted by Gasteiger charge is -2.12. The molecule has 5 nitrogen and oxygen atoms in total. The lowest BCUT2D eigenvalue weighted by molar-refractivity contribution is 0.102. The van der Waals surface area contributed by atoms with Gasteiger partial charge < -0.3 is 5.32 Å². The molecule has 4 rings (SSSR count). The zero-order valence-corrected chi connectivity index (χ0v) is 15.4. The Labute approximate surface area is 166 Å². The van der Waals surface area contributed by atoms with Crippen LogP contribution in [0.25, 0.3) is 10.9 Å². The monoisotopic (exact) mass is 423 g/mol. The normalized spacial score (nSPS) is 13.8. The van der Waals surface area contributed by atoms with Gasteiger partial charge in [-0.2, -0.15) is 0 Å². The van der Waals surface area contributed by atoms with Crippen LogP contribution in [0.2, 0.25) is 0 Å². The maximum absolute atomic E-state index is 13.8. The molecule has 0 unspecified atom stereocenters. The predicted octanol–water partition coefficient (Wildman–Crippen LogP) is 4.07. The Morgan fingerprint density at radius 1 is 0.933 bits per heavy atom. The van der Waals surface area contributed by atoms with Gasteiger partial charge in [0, 0.05) is 18.5 Å². The minimum atomic E-state index is -2.32. The van der Waals surface area contributed by atoms with E-state index in [2.05, 4.69) is 4.98 Å². The second-order valence-corrected chi connectivity index (χ2v) is 6.93. The van der Waals surface area contributed by atoms with Gasteiger partial charge in [0.05, 0.1) is 10.9 Å². The van der Waals surface area contributed by atoms with Gasteiger partial charge in [-0.1, -0.05) is 6.42 Å². The predicted molar refractivity (Wildman–Crippen MR) is 97.7 cm³/mol. The third-order valence-electron chi connectivity index (χ3n) is 5.03. The molecule has 1 N–H and O–H groups in total. The van der Waals surface area contributed by atoms with Crippen LogP contribution in [-0.4, -0.2) is 15.5 Å². The van der Waals surface area contributed by atoms with Crippen molar-refractivity contribution in [1.82, 2.24) is 9.55 Å². The van der Waals surface area contributed by atoms with E-state index in [1.165, 1.54) is 18.2 Å². The van der Waals surface area contributed by atoms with E-state index in [0.29, 0.717) is 18.8 Å². The molecule has 1 amide bonds. The van der Waals surface area contributed by atoms with Gasteiger partial charge in [0.1, 0.15) is 11.5 Å². The van der Waals surface area contributed by atoms with Gasteiger partial charge in [-0.25, -0.2) is 26.9 Å². The molecule has 10 heteroatoms. The fourth-order valence-electron chi connectivity index (χ4n) is 3.46. The summed E-state index contributed by atoms with van der Waals surface area (Å²) >= 11 is 0. The van der Waals surface area contributed by atoms with Crippen molar-refractivity contribution in [2.45, 2.75) is 32.2 Å². The minimum absolute atomic E-state index is 0.156. The number of amides is 1. The van der Waals surface area contributed by atoms with Crippen molar-refractivity contribution in [3.05, 3.63) is 69.0 Å². The summed E-state index contributed by atoms with van der Waals surface area (Å²) < 4.78 is 69.1. The van der Waals surface area contributed by atoms with Gasteiger partial charge >= 0.3 is 0 Å². The van der Waals surface area contributed by atoms with Crippen molar-refractivity contribution in [3.8, 4) is 0 Å². The number of fused-ring (bicyclic) bond motifs is 2. The maximum atomic E-state index is 13.8. The molecular weight excluding hydrogens is 409 g/mol.